The number of hydrogen-bond donors (Lipinski definition) is 1. The Hall–Kier alpha value is -3.07. The van der Waals surface area contributed by atoms with Crippen LogP contribution in [0, 0.1) is 11.7 Å². The predicted molar refractivity (Wildman–Crippen MR) is 142 cm³/mol. The molecule has 2 aliphatic rings. The SMILES string of the molecule is Cn1ncc2c(S(=O)(=O)NCc3cc4c(cc3F)CC(CN3CCC3)C4Cc3ccccc3)cccc21. The summed E-state index contributed by atoms with van der Waals surface area (Å²) in [6.07, 6.45) is 4.54. The molecule has 0 radical (unpaired) electrons. The number of halogens is 1. The molecule has 4 aromatic rings. The van der Waals surface area contributed by atoms with E-state index in [2.05, 4.69) is 39.0 Å². The van der Waals surface area contributed by atoms with Crippen molar-refractivity contribution in [3.63, 3.8) is 0 Å². The second-order valence-electron chi connectivity index (χ2n) is 10.3. The molecule has 6 rings (SSSR count). The lowest BCUT2D eigenvalue weighted by molar-refractivity contribution is 0.145. The van der Waals surface area contributed by atoms with Gasteiger partial charge in [-0.2, -0.15) is 5.10 Å². The van der Waals surface area contributed by atoms with E-state index in [1.165, 1.54) is 12.0 Å². The molecule has 2 heterocycles. The van der Waals surface area contributed by atoms with Gasteiger partial charge in [-0.15, -0.1) is 0 Å². The maximum atomic E-state index is 15.2. The number of likely N-dealkylation sites (tertiary alicyclic amines) is 1. The lowest BCUT2D eigenvalue weighted by atomic mass is 9.85. The number of nitrogens with one attached hydrogen (secondary N) is 1. The molecule has 3 aromatic carbocycles. The van der Waals surface area contributed by atoms with Gasteiger partial charge in [0.1, 0.15) is 5.82 Å². The van der Waals surface area contributed by atoms with Crippen LogP contribution in [0.4, 0.5) is 4.39 Å². The molecule has 1 aliphatic heterocycles. The zero-order valence-electron chi connectivity index (χ0n) is 20.9. The summed E-state index contributed by atoms with van der Waals surface area (Å²) in [4.78, 5) is 2.63. The summed E-state index contributed by atoms with van der Waals surface area (Å²) < 4.78 is 45.9. The highest BCUT2D eigenvalue weighted by atomic mass is 32.2. The van der Waals surface area contributed by atoms with Gasteiger partial charge >= 0.3 is 0 Å². The van der Waals surface area contributed by atoms with Crippen molar-refractivity contribution in [3.8, 4) is 0 Å². The molecule has 37 heavy (non-hydrogen) atoms. The van der Waals surface area contributed by atoms with Crippen LogP contribution < -0.4 is 4.72 Å². The number of sulfonamides is 1. The fraction of sp³-hybridized carbons (Fsp3) is 0.345. The van der Waals surface area contributed by atoms with Gasteiger partial charge in [-0.1, -0.05) is 42.5 Å². The average Bonchev–Trinajstić information content (AvgIpc) is 3.40. The topological polar surface area (TPSA) is 67.2 Å². The fourth-order valence-electron chi connectivity index (χ4n) is 5.88. The third kappa shape index (κ3) is 4.69. The van der Waals surface area contributed by atoms with Crippen molar-refractivity contribution < 1.29 is 12.8 Å². The number of benzene rings is 3. The van der Waals surface area contributed by atoms with E-state index in [4.69, 9.17) is 0 Å². The third-order valence-corrected chi connectivity index (χ3v) is 9.45. The molecule has 1 N–H and O–H groups in total. The molecular formula is C29H31FN4O2S. The lowest BCUT2D eigenvalue weighted by Crippen LogP contribution is -2.41. The highest BCUT2D eigenvalue weighted by Gasteiger charge is 2.35. The fourth-order valence-corrected chi connectivity index (χ4v) is 7.09. The first-order chi connectivity index (χ1) is 17.9. The molecule has 2 unspecified atom stereocenters. The van der Waals surface area contributed by atoms with Gasteiger partial charge in [0.25, 0.3) is 0 Å². The molecule has 1 aromatic heterocycles. The largest absolute Gasteiger partial charge is 0.303 e. The summed E-state index contributed by atoms with van der Waals surface area (Å²) in [5, 5.41) is 4.73. The van der Waals surface area contributed by atoms with E-state index in [0.29, 0.717) is 16.9 Å². The van der Waals surface area contributed by atoms with Crippen LogP contribution in [0.15, 0.2) is 71.8 Å². The first kappa shape index (κ1) is 24.3. The molecule has 0 saturated carbocycles. The van der Waals surface area contributed by atoms with E-state index in [9.17, 15) is 8.42 Å². The molecule has 2 atom stereocenters. The third-order valence-electron chi connectivity index (χ3n) is 7.99. The monoisotopic (exact) mass is 518 g/mol. The van der Waals surface area contributed by atoms with Crippen LogP contribution in [-0.4, -0.2) is 42.7 Å². The average molecular weight is 519 g/mol. The van der Waals surface area contributed by atoms with E-state index in [1.54, 1.807) is 36.1 Å². The van der Waals surface area contributed by atoms with Gasteiger partial charge in [-0.3, -0.25) is 4.68 Å². The minimum Gasteiger partial charge on any atom is -0.303 e. The minimum absolute atomic E-state index is 0.104. The summed E-state index contributed by atoms with van der Waals surface area (Å²) in [6, 6.07) is 19.1. The van der Waals surface area contributed by atoms with Crippen LogP contribution in [0.3, 0.4) is 0 Å². The van der Waals surface area contributed by atoms with Crippen molar-refractivity contribution in [2.45, 2.75) is 36.6 Å². The molecular weight excluding hydrogens is 487 g/mol. The second kappa shape index (κ2) is 9.67. The number of rotatable bonds is 8. The van der Waals surface area contributed by atoms with Crippen molar-refractivity contribution in [2.75, 3.05) is 19.6 Å². The molecule has 6 nitrogen and oxygen atoms in total. The highest BCUT2D eigenvalue weighted by Crippen LogP contribution is 2.42. The van der Waals surface area contributed by atoms with Crippen molar-refractivity contribution in [1.82, 2.24) is 19.4 Å². The van der Waals surface area contributed by atoms with Gasteiger partial charge < -0.3 is 4.90 Å². The first-order valence-corrected chi connectivity index (χ1v) is 14.4. The molecule has 0 bridgehead atoms. The number of aromatic nitrogens is 2. The zero-order chi connectivity index (χ0) is 25.6. The number of hydrogen-bond acceptors (Lipinski definition) is 4. The van der Waals surface area contributed by atoms with E-state index < -0.39 is 10.0 Å². The summed E-state index contributed by atoms with van der Waals surface area (Å²) in [5.41, 5.74) is 4.58. The van der Waals surface area contributed by atoms with Gasteiger partial charge in [0, 0.05) is 31.1 Å². The van der Waals surface area contributed by atoms with E-state index in [1.807, 2.05) is 18.2 Å². The van der Waals surface area contributed by atoms with Crippen molar-refractivity contribution in [3.05, 3.63) is 94.9 Å². The van der Waals surface area contributed by atoms with Crippen LogP contribution in [0.5, 0.6) is 0 Å². The van der Waals surface area contributed by atoms with Gasteiger partial charge in [-0.05, 0) is 79.1 Å². The smallest absolute Gasteiger partial charge is 0.241 e. The lowest BCUT2D eigenvalue weighted by Gasteiger charge is -2.35. The van der Waals surface area contributed by atoms with E-state index >= 15 is 4.39 Å². The molecule has 8 heteroatoms. The summed E-state index contributed by atoms with van der Waals surface area (Å²) in [7, 11) is -2.09. The van der Waals surface area contributed by atoms with Crippen LogP contribution in [0.25, 0.3) is 10.9 Å². The van der Waals surface area contributed by atoms with Crippen molar-refractivity contribution in [1.29, 1.82) is 0 Å². The molecule has 1 aliphatic carbocycles. The highest BCUT2D eigenvalue weighted by molar-refractivity contribution is 7.89. The van der Waals surface area contributed by atoms with Gasteiger partial charge in [0.2, 0.25) is 10.0 Å². The maximum Gasteiger partial charge on any atom is 0.241 e. The Morgan fingerprint density at radius 1 is 1.08 bits per heavy atom. The molecule has 1 saturated heterocycles. The van der Waals surface area contributed by atoms with Gasteiger partial charge in [0.05, 0.1) is 16.6 Å². The van der Waals surface area contributed by atoms with Crippen LogP contribution in [0.1, 0.15) is 34.6 Å². The number of aryl methyl sites for hydroxylation is 1. The Kier molecular flexibility index (Phi) is 6.34. The van der Waals surface area contributed by atoms with Crippen LogP contribution in [0.2, 0.25) is 0 Å². The summed E-state index contributed by atoms with van der Waals surface area (Å²) in [5.74, 6) is 0.340. The van der Waals surface area contributed by atoms with Gasteiger partial charge in [0.15, 0.2) is 0 Å². The van der Waals surface area contributed by atoms with Crippen LogP contribution >= 0.6 is 0 Å². The minimum atomic E-state index is -3.86. The molecule has 0 amide bonds. The number of nitrogens with zero attached hydrogens (tertiary/aromatic N) is 3. The Morgan fingerprint density at radius 2 is 1.89 bits per heavy atom. The summed E-state index contributed by atoms with van der Waals surface area (Å²) in [6.45, 7) is 3.18. The predicted octanol–water partition coefficient (Wildman–Crippen LogP) is 4.40. The summed E-state index contributed by atoms with van der Waals surface area (Å²) >= 11 is 0. The Bertz CT molecular complexity index is 1550. The standard InChI is InChI=1S/C29H31FN4O2S/c1-33-28-9-5-10-29(26(28)18-31-33)37(35,36)32-17-22-15-25-21(16-27(22)30)14-23(19-34-11-6-12-34)24(25)13-20-7-3-2-4-8-20/h2-5,7-10,15-16,18,23-24,32H,6,11-14,17,19H2,1H3. The van der Waals surface area contributed by atoms with Gasteiger partial charge in [-0.25, -0.2) is 17.5 Å². The number of fused-ring (bicyclic) bond motifs is 2. The van der Waals surface area contributed by atoms with Crippen LogP contribution in [-0.2, 0) is 36.5 Å². The Balaban J connectivity index is 1.28. The molecule has 1 fully saturated rings. The zero-order valence-corrected chi connectivity index (χ0v) is 21.7. The van der Waals surface area contributed by atoms with Crippen molar-refractivity contribution >= 4 is 20.9 Å². The normalized spacial score (nSPS) is 19.7. The van der Waals surface area contributed by atoms with E-state index in [-0.39, 0.29) is 23.2 Å². The quantitative estimate of drug-likeness (QED) is 0.376. The van der Waals surface area contributed by atoms with Crippen molar-refractivity contribution in [2.24, 2.45) is 13.0 Å². The second-order valence-corrected chi connectivity index (χ2v) is 12.1. The Morgan fingerprint density at radius 3 is 2.65 bits per heavy atom. The maximum absolute atomic E-state index is 15.2. The first-order valence-electron chi connectivity index (χ1n) is 12.9. The molecule has 0 spiro atoms. The van der Waals surface area contributed by atoms with E-state index in [0.717, 1.165) is 49.1 Å². The Labute approximate surface area is 217 Å². The molecule has 192 valence electrons.